The van der Waals surface area contributed by atoms with Crippen molar-refractivity contribution in [3.8, 4) is 5.69 Å². The number of hydrogen-bond acceptors (Lipinski definition) is 8. The molecule has 1 aromatic heterocycles. The van der Waals surface area contributed by atoms with Gasteiger partial charge in [0.15, 0.2) is 0 Å². The second kappa shape index (κ2) is 14.3. The molecule has 13 heteroatoms. The summed E-state index contributed by atoms with van der Waals surface area (Å²) in [6.45, 7) is 7.58. The Morgan fingerprint density at radius 1 is 0.875 bits per heavy atom. The first kappa shape index (κ1) is 34.8. The molecule has 4 aromatic carbocycles. The van der Waals surface area contributed by atoms with E-state index in [9.17, 15) is 21.6 Å². The summed E-state index contributed by atoms with van der Waals surface area (Å²) >= 11 is 0. The van der Waals surface area contributed by atoms with Crippen LogP contribution >= 0.6 is 0 Å². The lowest BCUT2D eigenvalue weighted by Gasteiger charge is -2.21. The highest BCUT2D eigenvalue weighted by Crippen LogP contribution is 2.27. The number of hydroxylamine groups is 1. The molecule has 1 heterocycles. The summed E-state index contributed by atoms with van der Waals surface area (Å²) in [7, 11) is -7.73. The van der Waals surface area contributed by atoms with Crippen molar-refractivity contribution in [2.24, 2.45) is 0 Å². The normalized spacial score (nSPS) is 12.6. The van der Waals surface area contributed by atoms with Gasteiger partial charge in [0.1, 0.15) is 5.82 Å². The minimum Gasteiger partial charge on any atom is -0.377 e. The summed E-state index contributed by atoms with van der Waals surface area (Å²) in [5.41, 5.74) is 6.23. The topological polar surface area (TPSA) is 137 Å². The number of urea groups is 1. The van der Waals surface area contributed by atoms with Crippen molar-refractivity contribution < 1.29 is 30.7 Å². The lowest BCUT2D eigenvalue weighted by Crippen LogP contribution is -2.45. The van der Waals surface area contributed by atoms with Gasteiger partial charge in [0, 0.05) is 25.8 Å². The van der Waals surface area contributed by atoms with E-state index in [-0.39, 0.29) is 26.9 Å². The molecular weight excluding hydrogens is 653 g/mol. The summed E-state index contributed by atoms with van der Waals surface area (Å²) in [6.07, 6.45) is 1.00. The van der Waals surface area contributed by atoms with Crippen LogP contribution in [0.3, 0.4) is 0 Å². The summed E-state index contributed by atoms with van der Waals surface area (Å²) < 4.78 is 65.6. The van der Waals surface area contributed by atoms with Gasteiger partial charge in [-0.05, 0) is 86.8 Å². The van der Waals surface area contributed by atoms with Crippen molar-refractivity contribution in [1.82, 2.24) is 19.3 Å². The first-order valence-corrected chi connectivity index (χ1v) is 18.2. The number of carbonyl (C=O) groups excluding carboxylic acids is 1. The zero-order valence-electron chi connectivity index (χ0n) is 27.4. The SMILES string of the molecule is CCc1nc2cc(C(C)OC)ccc2n1-c1ccc(CCNC(=O)N(OS(=O)(=O)c2ccc(C)cc2)S(=O)(=O)c2ccc(C)cc2)cc1. The maximum Gasteiger partial charge on any atom is 0.357 e. The first-order valence-electron chi connectivity index (χ1n) is 15.4. The highest BCUT2D eigenvalue weighted by atomic mass is 32.2. The third-order valence-electron chi connectivity index (χ3n) is 7.95. The van der Waals surface area contributed by atoms with Gasteiger partial charge in [0.25, 0.3) is 10.0 Å². The molecule has 1 unspecified atom stereocenters. The average Bonchev–Trinajstić information content (AvgIpc) is 3.45. The van der Waals surface area contributed by atoms with Crippen LogP contribution in [0.4, 0.5) is 4.79 Å². The molecule has 0 bridgehead atoms. The molecule has 2 amide bonds. The number of amides is 2. The number of carbonyl (C=O) groups is 1. The second-order valence-electron chi connectivity index (χ2n) is 11.4. The predicted octanol–water partition coefficient (Wildman–Crippen LogP) is 6.18. The summed E-state index contributed by atoms with van der Waals surface area (Å²) in [4.78, 5) is 17.5. The monoisotopic (exact) mass is 690 g/mol. The fourth-order valence-electron chi connectivity index (χ4n) is 5.08. The number of imidazole rings is 1. The summed E-state index contributed by atoms with van der Waals surface area (Å²) in [5.74, 6) is 0.905. The van der Waals surface area contributed by atoms with E-state index < -0.39 is 26.2 Å². The molecule has 0 radical (unpaired) electrons. The third kappa shape index (κ3) is 7.44. The zero-order chi connectivity index (χ0) is 34.6. The number of nitrogens with one attached hydrogen (secondary N) is 1. The Balaban J connectivity index is 1.33. The fraction of sp³-hybridized carbons (Fsp3) is 0.257. The van der Waals surface area contributed by atoms with E-state index in [1.54, 1.807) is 21.0 Å². The standard InChI is InChI=1S/C35H38N4O7S2/c1-6-34-37-32-23-28(26(4)45-5)13-20-33(32)38(34)29-14-11-27(12-15-29)21-22-36-35(40)39(47(41,42)30-16-7-24(2)8-17-30)46-48(43,44)31-18-9-25(3)10-19-31/h7-20,23,26H,6,21-22H2,1-5H3,(H,36,40). The van der Waals surface area contributed by atoms with Crippen molar-refractivity contribution in [3.63, 3.8) is 0 Å². The number of fused-ring (bicyclic) bond motifs is 1. The van der Waals surface area contributed by atoms with Gasteiger partial charge in [-0.15, -0.1) is 4.28 Å². The maximum atomic E-state index is 13.5. The quantitative estimate of drug-likeness (QED) is 0.153. The number of sulfonamides is 1. The van der Waals surface area contributed by atoms with Gasteiger partial charge in [0.2, 0.25) is 0 Å². The molecule has 11 nitrogen and oxygen atoms in total. The van der Waals surface area contributed by atoms with Crippen LogP contribution in [-0.2, 0) is 42.0 Å². The third-order valence-corrected chi connectivity index (χ3v) is 10.8. The lowest BCUT2D eigenvalue weighted by molar-refractivity contribution is 0.0756. The summed E-state index contributed by atoms with van der Waals surface area (Å²) in [6, 6.07) is 23.8. The van der Waals surface area contributed by atoms with Crippen LogP contribution in [0.2, 0.25) is 0 Å². The number of benzene rings is 4. The van der Waals surface area contributed by atoms with E-state index in [2.05, 4.69) is 9.88 Å². The van der Waals surface area contributed by atoms with E-state index in [0.29, 0.717) is 6.42 Å². The number of nitrogens with zero attached hydrogens (tertiary/aromatic N) is 3. The highest BCUT2D eigenvalue weighted by Gasteiger charge is 2.36. The number of hydrogen-bond donors (Lipinski definition) is 1. The van der Waals surface area contributed by atoms with Crippen LogP contribution in [0, 0.1) is 13.8 Å². The number of aryl methyl sites for hydroxylation is 3. The molecular formula is C35H38N4O7S2. The Morgan fingerprint density at radius 3 is 2.06 bits per heavy atom. The molecule has 0 fully saturated rings. The largest absolute Gasteiger partial charge is 0.377 e. The number of methoxy groups -OCH3 is 1. The van der Waals surface area contributed by atoms with Gasteiger partial charge >= 0.3 is 16.1 Å². The van der Waals surface area contributed by atoms with E-state index in [4.69, 9.17) is 14.0 Å². The van der Waals surface area contributed by atoms with Crippen molar-refractivity contribution in [3.05, 3.63) is 119 Å². The van der Waals surface area contributed by atoms with Crippen LogP contribution in [0.1, 0.15) is 48.0 Å². The van der Waals surface area contributed by atoms with Gasteiger partial charge in [0.05, 0.1) is 26.9 Å². The first-order chi connectivity index (χ1) is 22.8. The van der Waals surface area contributed by atoms with Crippen LogP contribution in [0.5, 0.6) is 0 Å². The van der Waals surface area contributed by atoms with Crippen LogP contribution in [0.15, 0.2) is 101 Å². The van der Waals surface area contributed by atoms with Crippen molar-refractivity contribution in [2.45, 2.75) is 56.4 Å². The molecule has 5 rings (SSSR count). The minimum absolute atomic E-state index is 0.000708. The van der Waals surface area contributed by atoms with Gasteiger partial charge in [-0.2, -0.15) is 16.8 Å². The average molecular weight is 691 g/mol. The Labute approximate surface area is 281 Å². The molecule has 0 aliphatic heterocycles. The van der Waals surface area contributed by atoms with Crippen LogP contribution in [0.25, 0.3) is 16.7 Å². The zero-order valence-corrected chi connectivity index (χ0v) is 29.0. The maximum absolute atomic E-state index is 13.5. The number of ether oxygens (including phenoxy) is 1. The van der Waals surface area contributed by atoms with Gasteiger partial charge < -0.3 is 10.1 Å². The number of aromatic nitrogens is 2. The molecule has 252 valence electrons. The Kier molecular flexibility index (Phi) is 10.3. The molecule has 0 saturated heterocycles. The molecule has 5 aromatic rings. The number of rotatable bonds is 12. The van der Waals surface area contributed by atoms with Crippen molar-refractivity contribution in [1.29, 1.82) is 0 Å². The van der Waals surface area contributed by atoms with E-state index in [1.165, 1.54) is 48.5 Å². The lowest BCUT2D eigenvalue weighted by atomic mass is 10.1. The molecule has 48 heavy (non-hydrogen) atoms. The molecule has 0 aliphatic carbocycles. The van der Waals surface area contributed by atoms with E-state index >= 15 is 0 Å². The smallest absolute Gasteiger partial charge is 0.357 e. The fourth-order valence-corrected chi connectivity index (χ4v) is 7.39. The van der Waals surface area contributed by atoms with Gasteiger partial charge in [-0.1, -0.05) is 65.0 Å². The molecule has 0 aliphatic rings. The highest BCUT2D eigenvalue weighted by molar-refractivity contribution is 7.91. The minimum atomic E-state index is -4.72. The molecule has 0 spiro atoms. The molecule has 1 atom stereocenters. The Hall–Kier alpha value is -4.56. The van der Waals surface area contributed by atoms with Crippen molar-refractivity contribution in [2.75, 3.05) is 13.7 Å². The Morgan fingerprint density at radius 2 is 1.48 bits per heavy atom. The van der Waals surface area contributed by atoms with Crippen LogP contribution < -0.4 is 5.32 Å². The van der Waals surface area contributed by atoms with Gasteiger partial charge in [-0.3, -0.25) is 4.57 Å². The van der Waals surface area contributed by atoms with Crippen molar-refractivity contribution >= 4 is 37.2 Å². The summed E-state index contributed by atoms with van der Waals surface area (Å²) in [5, 5.41) is 2.50. The second-order valence-corrected chi connectivity index (χ2v) is 14.7. The Bertz CT molecular complexity index is 2130. The van der Waals surface area contributed by atoms with E-state index in [1.807, 2.05) is 56.3 Å². The van der Waals surface area contributed by atoms with E-state index in [0.717, 1.165) is 51.2 Å². The van der Waals surface area contributed by atoms with Gasteiger partial charge in [-0.25, -0.2) is 9.78 Å². The molecule has 1 N–H and O–H groups in total. The van der Waals surface area contributed by atoms with Crippen LogP contribution in [-0.4, -0.2) is 50.5 Å². The predicted molar refractivity (Wildman–Crippen MR) is 183 cm³/mol. The molecule has 0 saturated carbocycles.